The number of carbonyl (C=O) groups excluding carboxylic acids is 1. The fourth-order valence-electron chi connectivity index (χ4n) is 3.49. The van der Waals surface area contributed by atoms with Gasteiger partial charge in [-0.25, -0.2) is 14.4 Å². The van der Waals surface area contributed by atoms with E-state index in [1.807, 2.05) is 42.6 Å². The number of nitrogens with one attached hydrogen (secondary N) is 2. The SMILES string of the molecule is O=C(Cl)C(F)C1CCN(C2NC=C(c3cccc(Nc4ccccn4)n3)S2)CC1. The van der Waals surface area contributed by atoms with E-state index in [4.69, 9.17) is 11.6 Å². The monoisotopic (exact) mass is 433 g/mol. The lowest BCUT2D eigenvalue weighted by Crippen LogP contribution is -2.45. The van der Waals surface area contributed by atoms with Gasteiger partial charge in [0.25, 0.3) is 5.24 Å². The van der Waals surface area contributed by atoms with Crippen LogP contribution in [0.2, 0.25) is 0 Å². The molecule has 0 aliphatic carbocycles. The second kappa shape index (κ2) is 9.11. The molecule has 2 unspecified atom stereocenters. The van der Waals surface area contributed by atoms with Gasteiger partial charge in [-0.2, -0.15) is 0 Å². The Labute approximate surface area is 177 Å². The summed E-state index contributed by atoms with van der Waals surface area (Å²) in [4.78, 5) is 23.3. The summed E-state index contributed by atoms with van der Waals surface area (Å²) in [6, 6.07) is 11.5. The van der Waals surface area contributed by atoms with Crippen LogP contribution in [0.4, 0.5) is 16.0 Å². The van der Waals surface area contributed by atoms with Gasteiger partial charge in [0.2, 0.25) is 0 Å². The number of hydrogen-bond acceptors (Lipinski definition) is 7. The Kier molecular flexibility index (Phi) is 6.32. The summed E-state index contributed by atoms with van der Waals surface area (Å²) in [6.07, 6.45) is 3.38. The topological polar surface area (TPSA) is 70.2 Å². The van der Waals surface area contributed by atoms with Gasteiger partial charge in [-0.3, -0.25) is 9.69 Å². The zero-order valence-electron chi connectivity index (χ0n) is 15.6. The molecule has 6 nitrogen and oxygen atoms in total. The fourth-order valence-corrected chi connectivity index (χ4v) is 4.78. The number of hydrogen-bond donors (Lipinski definition) is 2. The van der Waals surface area contributed by atoms with Gasteiger partial charge in [-0.05, 0) is 48.7 Å². The van der Waals surface area contributed by atoms with E-state index in [1.54, 1.807) is 18.0 Å². The molecule has 0 radical (unpaired) electrons. The van der Waals surface area contributed by atoms with Crippen molar-refractivity contribution < 1.29 is 9.18 Å². The molecule has 1 fully saturated rings. The normalized spacial score (nSPS) is 21.3. The minimum absolute atomic E-state index is 0.0740. The molecule has 2 N–H and O–H groups in total. The van der Waals surface area contributed by atoms with Crippen molar-refractivity contribution >= 4 is 45.1 Å². The molecule has 9 heteroatoms. The molecule has 4 heterocycles. The summed E-state index contributed by atoms with van der Waals surface area (Å²) >= 11 is 6.99. The summed E-state index contributed by atoms with van der Waals surface area (Å²) < 4.78 is 13.8. The average molecular weight is 434 g/mol. The number of alkyl halides is 1. The van der Waals surface area contributed by atoms with Crippen LogP contribution in [0.5, 0.6) is 0 Å². The summed E-state index contributed by atoms with van der Waals surface area (Å²) in [5.74, 6) is 1.18. The van der Waals surface area contributed by atoms with Crippen molar-refractivity contribution in [3.63, 3.8) is 0 Å². The number of pyridine rings is 2. The number of nitrogens with zero attached hydrogens (tertiary/aromatic N) is 3. The Morgan fingerprint density at radius 3 is 2.76 bits per heavy atom. The molecular formula is C20H21ClFN5OS. The third-order valence-electron chi connectivity index (χ3n) is 5.05. The second-order valence-corrected chi connectivity index (χ2v) is 8.47. The van der Waals surface area contributed by atoms with E-state index < -0.39 is 11.4 Å². The van der Waals surface area contributed by atoms with Crippen LogP contribution in [0.25, 0.3) is 4.91 Å². The number of piperidine rings is 1. The van der Waals surface area contributed by atoms with Crippen LogP contribution < -0.4 is 10.6 Å². The first-order valence-electron chi connectivity index (χ1n) is 9.46. The molecule has 0 aromatic carbocycles. The molecular weight excluding hydrogens is 413 g/mol. The largest absolute Gasteiger partial charge is 0.366 e. The first kappa shape index (κ1) is 20.1. The van der Waals surface area contributed by atoms with Crippen molar-refractivity contribution in [3.05, 3.63) is 54.5 Å². The molecule has 0 spiro atoms. The van der Waals surface area contributed by atoms with E-state index in [-0.39, 0.29) is 11.4 Å². The predicted octanol–water partition coefficient (Wildman–Crippen LogP) is 3.95. The van der Waals surface area contributed by atoms with Crippen LogP contribution in [0, 0.1) is 5.92 Å². The van der Waals surface area contributed by atoms with Crippen LogP contribution in [0.1, 0.15) is 18.5 Å². The van der Waals surface area contributed by atoms with E-state index in [0.29, 0.717) is 12.8 Å². The van der Waals surface area contributed by atoms with Crippen molar-refractivity contribution in [2.24, 2.45) is 5.92 Å². The van der Waals surface area contributed by atoms with Crippen molar-refractivity contribution in [3.8, 4) is 0 Å². The summed E-state index contributed by atoms with van der Waals surface area (Å²) in [6.45, 7) is 1.44. The van der Waals surface area contributed by atoms with Gasteiger partial charge in [0, 0.05) is 31.4 Å². The fraction of sp³-hybridized carbons (Fsp3) is 0.350. The van der Waals surface area contributed by atoms with Gasteiger partial charge in [-0.15, -0.1) is 0 Å². The third-order valence-corrected chi connectivity index (χ3v) is 6.50. The Balaban J connectivity index is 1.34. The van der Waals surface area contributed by atoms with Crippen LogP contribution in [-0.4, -0.2) is 44.9 Å². The molecule has 0 bridgehead atoms. The second-order valence-electron chi connectivity index (χ2n) is 6.97. The molecule has 4 rings (SSSR count). The van der Waals surface area contributed by atoms with Gasteiger partial charge in [-0.1, -0.05) is 23.9 Å². The quantitative estimate of drug-likeness (QED) is 0.668. The molecule has 152 valence electrons. The number of thioether (sulfide) groups is 1. The maximum Gasteiger partial charge on any atom is 0.256 e. The van der Waals surface area contributed by atoms with Crippen LogP contribution in [0.3, 0.4) is 0 Å². The van der Waals surface area contributed by atoms with Crippen LogP contribution >= 0.6 is 23.4 Å². The molecule has 29 heavy (non-hydrogen) atoms. The van der Waals surface area contributed by atoms with E-state index in [9.17, 15) is 9.18 Å². The summed E-state index contributed by atoms with van der Waals surface area (Å²) in [7, 11) is 0. The van der Waals surface area contributed by atoms with Gasteiger partial charge in [0.05, 0.1) is 10.6 Å². The number of halogens is 2. The molecule has 1 saturated heterocycles. The first-order valence-corrected chi connectivity index (χ1v) is 10.7. The number of carbonyl (C=O) groups is 1. The Bertz CT molecular complexity index is 891. The molecule has 2 aliphatic heterocycles. The molecule has 0 amide bonds. The molecule has 2 atom stereocenters. The summed E-state index contributed by atoms with van der Waals surface area (Å²) in [5.41, 5.74) is 0.947. The van der Waals surface area contributed by atoms with Gasteiger partial charge < -0.3 is 10.6 Å². The molecule has 2 aromatic rings. The smallest absolute Gasteiger partial charge is 0.256 e. The number of aromatic nitrogens is 2. The molecule has 0 saturated carbocycles. The number of likely N-dealkylation sites (tertiary alicyclic amines) is 1. The zero-order valence-corrected chi connectivity index (χ0v) is 17.2. The van der Waals surface area contributed by atoms with Crippen molar-refractivity contribution in [1.82, 2.24) is 20.2 Å². The Morgan fingerprint density at radius 1 is 1.24 bits per heavy atom. The van der Waals surface area contributed by atoms with E-state index in [2.05, 4.69) is 25.5 Å². The van der Waals surface area contributed by atoms with Gasteiger partial charge >= 0.3 is 0 Å². The maximum atomic E-state index is 13.8. The molecule has 2 aromatic heterocycles. The highest BCUT2D eigenvalue weighted by molar-refractivity contribution is 8.09. The first-order chi connectivity index (χ1) is 14.1. The number of anilines is 2. The van der Waals surface area contributed by atoms with Crippen molar-refractivity contribution in [1.29, 1.82) is 0 Å². The highest BCUT2D eigenvalue weighted by atomic mass is 35.5. The Hall–Kier alpha value is -2.16. The Morgan fingerprint density at radius 2 is 2.03 bits per heavy atom. The standard InChI is InChI=1S/C20H21ClFN5OS/c21-19(28)18(22)13-7-10-27(11-8-13)20-24-12-15(29-20)14-4-3-6-17(25-14)26-16-5-1-2-9-23-16/h1-6,9,12-13,18,20,24H,7-8,10-11H2,(H,23,25,26). The lowest BCUT2D eigenvalue weighted by molar-refractivity contribution is -0.118. The lowest BCUT2D eigenvalue weighted by Gasteiger charge is -2.35. The van der Waals surface area contributed by atoms with Crippen LogP contribution in [-0.2, 0) is 4.79 Å². The van der Waals surface area contributed by atoms with Crippen molar-refractivity contribution in [2.75, 3.05) is 18.4 Å². The summed E-state index contributed by atoms with van der Waals surface area (Å²) in [5, 5.41) is 5.70. The van der Waals surface area contributed by atoms with Crippen LogP contribution in [0.15, 0.2) is 48.8 Å². The van der Waals surface area contributed by atoms with E-state index >= 15 is 0 Å². The number of rotatable bonds is 6. The highest BCUT2D eigenvalue weighted by Gasteiger charge is 2.34. The van der Waals surface area contributed by atoms with Gasteiger partial charge in [0.1, 0.15) is 17.1 Å². The third kappa shape index (κ3) is 4.88. The minimum atomic E-state index is -1.56. The predicted molar refractivity (Wildman–Crippen MR) is 114 cm³/mol. The average Bonchev–Trinajstić information content (AvgIpc) is 3.24. The van der Waals surface area contributed by atoms with Gasteiger partial charge in [0.15, 0.2) is 6.17 Å². The molecule has 2 aliphatic rings. The van der Waals surface area contributed by atoms with Crippen molar-refractivity contribution in [2.45, 2.75) is 24.5 Å². The minimum Gasteiger partial charge on any atom is -0.366 e. The maximum absolute atomic E-state index is 13.8. The van der Waals surface area contributed by atoms with E-state index in [0.717, 1.165) is 35.3 Å². The highest BCUT2D eigenvalue weighted by Crippen LogP contribution is 2.37. The lowest BCUT2D eigenvalue weighted by atomic mass is 9.93. The van der Waals surface area contributed by atoms with E-state index in [1.165, 1.54) is 0 Å². The zero-order chi connectivity index (χ0) is 20.2.